The summed E-state index contributed by atoms with van der Waals surface area (Å²) in [5.41, 5.74) is -1.62. The highest BCUT2D eigenvalue weighted by Crippen LogP contribution is 2.35. The molecule has 0 aromatic carbocycles. The van der Waals surface area contributed by atoms with Crippen molar-refractivity contribution in [3.63, 3.8) is 0 Å². The van der Waals surface area contributed by atoms with E-state index in [1.165, 1.54) is 11.3 Å². The first-order chi connectivity index (χ1) is 16.9. The third-order valence-corrected chi connectivity index (χ3v) is 6.91. The van der Waals surface area contributed by atoms with Crippen LogP contribution in [-0.4, -0.2) is 47.6 Å². The molecule has 3 rings (SSSR count). The normalized spacial score (nSPS) is 20.0. The van der Waals surface area contributed by atoms with Crippen LogP contribution in [-0.2, 0) is 11.0 Å². The average Bonchev–Trinajstić information content (AvgIpc) is 3.22. The molecule has 0 saturated heterocycles. The number of hydrogen-bond donors (Lipinski definition) is 3. The number of rotatable bonds is 9. The lowest BCUT2D eigenvalue weighted by Crippen LogP contribution is -2.38. The molecule has 2 aromatic rings. The highest BCUT2D eigenvalue weighted by atomic mass is 32.1. The summed E-state index contributed by atoms with van der Waals surface area (Å²) >= 11 is 1.28. The predicted molar refractivity (Wildman–Crippen MR) is 128 cm³/mol. The summed E-state index contributed by atoms with van der Waals surface area (Å²) in [6.07, 6.45) is 3.45. The molecule has 1 aliphatic rings. The summed E-state index contributed by atoms with van der Waals surface area (Å²) in [6, 6.07) is 0.783. The number of carbonyl (C=O) groups is 1. The summed E-state index contributed by atoms with van der Waals surface area (Å²) in [5, 5.41) is 30.6. The van der Waals surface area contributed by atoms with E-state index in [1.54, 1.807) is 25.3 Å². The molecule has 0 bridgehead atoms. The Morgan fingerprint density at radius 1 is 1.31 bits per heavy atom. The van der Waals surface area contributed by atoms with Gasteiger partial charge in [0.2, 0.25) is 5.95 Å². The van der Waals surface area contributed by atoms with Crippen molar-refractivity contribution < 1.29 is 33.3 Å². The van der Waals surface area contributed by atoms with Crippen LogP contribution in [0.15, 0.2) is 47.3 Å². The van der Waals surface area contributed by atoms with Crippen molar-refractivity contribution in [3.8, 4) is 0 Å². The van der Waals surface area contributed by atoms with Gasteiger partial charge in [0.15, 0.2) is 5.60 Å². The Bertz CT molecular complexity index is 1180. The minimum Gasteiger partial charge on any atom is -0.479 e. The Balaban J connectivity index is 1.73. The van der Waals surface area contributed by atoms with Crippen LogP contribution in [0.5, 0.6) is 0 Å². The van der Waals surface area contributed by atoms with Crippen molar-refractivity contribution >= 4 is 29.0 Å². The van der Waals surface area contributed by atoms with Crippen molar-refractivity contribution in [2.75, 3.05) is 0 Å². The van der Waals surface area contributed by atoms with E-state index in [-0.39, 0.29) is 31.1 Å². The van der Waals surface area contributed by atoms with Gasteiger partial charge in [0, 0.05) is 23.2 Å². The highest BCUT2D eigenvalue weighted by Gasteiger charge is 2.35. The van der Waals surface area contributed by atoms with Crippen molar-refractivity contribution in [1.82, 2.24) is 15.0 Å². The van der Waals surface area contributed by atoms with Crippen LogP contribution < -0.4 is 0 Å². The lowest BCUT2D eigenvalue weighted by molar-refractivity contribution is -0.160. The van der Waals surface area contributed by atoms with E-state index in [0.717, 1.165) is 22.7 Å². The van der Waals surface area contributed by atoms with E-state index < -0.39 is 29.5 Å². The molecule has 0 fully saturated rings. The second-order valence-electron chi connectivity index (χ2n) is 8.68. The van der Waals surface area contributed by atoms with Crippen LogP contribution in [0.4, 0.5) is 19.1 Å². The van der Waals surface area contributed by atoms with Crippen LogP contribution in [0.3, 0.4) is 0 Å². The SMILES string of the molecule is CCCC(O)(CCC(O)c1ncc(C2C=CC(=Nc3nccc(C(F)(F)F)n3)C=C(C)C2)s1)C(=O)O. The fourth-order valence-electron chi connectivity index (χ4n) is 3.81. The number of carboxylic acid groups (broad SMARTS) is 1. The van der Waals surface area contributed by atoms with Crippen LogP contribution in [0.25, 0.3) is 0 Å². The van der Waals surface area contributed by atoms with E-state index >= 15 is 0 Å². The van der Waals surface area contributed by atoms with Gasteiger partial charge in [0.25, 0.3) is 0 Å². The molecule has 12 heteroatoms. The molecule has 3 unspecified atom stereocenters. The Labute approximate surface area is 210 Å². The van der Waals surface area contributed by atoms with Gasteiger partial charge in [0.05, 0.1) is 5.71 Å². The average molecular weight is 525 g/mol. The van der Waals surface area contributed by atoms with E-state index in [2.05, 4.69) is 19.9 Å². The van der Waals surface area contributed by atoms with Crippen molar-refractivity contribution in [2.45, 2.75) is 69.8 Å². The number of alkyl halides is 3. The lowest BCUT2D eigenvalue weighted by Gasteiger charge is -2.23. The third-order valence-electron chi connectivity index (χ3n) is 5.68. The number of aliphatic hydroxyl groups is 2. The minimum atomic E-state index is -4.59. The summed E-state index contributed by atoms with van der Waals surface area (Å²) < 4.78 is 38.8. The van der Waals surface area contributed by atoms with Gasteiger partial charge in [-0.05, 0) is 50.8 Å². The number of thiazole rings is 1. The van der Waals surface area contributed by atoms with Crippen molar-refractivity contribution in [2.24, 2.45) is 4.99 Å². The Hall–Kier alpha value is -2.96. The van der Waals surface area contributed by atoms with E-state index in [9.17, 15) is 33.3 Å². The number of hydrogen-bond acceptors (Lipinski definition) is 8. The van der Waals surface area contributed by atoms with Gasteiger partial charge in [-0.3, -0.25) is 0 Å². The maximum atomic E-state index is 12.9. The molecule has 3 N–H and O–H groups in total. The number of aliphatic hydroxyl groups excluding tert-OH is 1. The maximum absolute atomic E-state index is 12.9. The fourth-order valence-corrected chi connectivity index (χ4v) is 4.83. The van der Waals surface area contributed by atoms with Gasteiger partial charge in [-0.1, -0.05) is 25.0 Å². The Morgan fingerprint density at radius 3 is 2.72 bits per heavy atom. The monoisotopic (exact) mass is 524 g/mol. The molecule has 0 spiro atoms. The molecule has 36 heavy (non-hydrogen) atoms. The van der Waals surface area contributed by atoms with Crippen LogP contribution in [0, 0.1) is 0 Å². The maximum Gasteiger partial charge on any atom is 0.433 e. The molecule has 3 atom stereocenters. The summed E-state index contributed by atoms with van der Waals surface area (Å²) in [4.78, 5) is 28.0. The Morgan fingerprint density at radius 2 is 2.06 bits per heavy atom. The number of carboxylic acids is 1. The van der Waals surface area contributed by atoms with Gasteiger partial charge in [-0.2, -0.15) is 13.2 Å². The molecule has 2 aromatic heterocycles. The van der Waals surface area contributed by atoms with Gasteiger partial charge < -0.3 is 15.3 Å². The first kappa shape index (κ1) is 27.6. The topological polar surface area (TPSA) is 129 Å². The second kappa shape index (κ2) is 11.4. The Kier molecular flexibility index (Phi) is 8.75. The summed E-state index contributed by atoms with van der Waals surface area (Å²) in [7, 11) is 0. The zero-order valence-electron chi connectivity index (χ0n) is 19.7. The first-order valence-corrected chi connectivity index (χ1v) is 12.2. The second-order valence-corrected chi connectivity index (χ2v) is 9.77. The standard InChI is InChI=1S/C24H27F3N4O4S/c1-3-8-23(35,21(33)34)9-6-17(32)20-29-13-18(36-20)15-4-5-16(12-14(2)11-15)30-22-28-10-7-19(31-22)24(25,26)27/h4-5,7,10,12-13,15,17,32,35H,3,6,8-9,11H2,1-2H3,(H,33,34). The molecule has 0 amide bonds. The fraction of sp³-hybridized carbons (Fsp3) is 0.458. The predicted octanol–water partition coefficient (Wildman–Crippen LogP) is 5.14. The number of aliphatic carboxylic acids is 1. The molecule has 0 aliphatic heterocycles. The first-order valence-electron chi connectivity index (χ1n) is 11.3. The quantitative estimate of drug-likeness (QED) is 0.414. The van der Waals surface area contributed by atoms with Crippen molar-refractivity contribution in [1.29, 1.82) is 0 Å². The van der Waals surface area contributed by atoms with Gasteiger partial charge in [-0.15, -0.1) is 11.3 Å². The zero-order chi connectivity index (χ0) is 26.5. The molecule has 194 valence electrons. The number of allylic oxidation sites excluding steroid dienone is 4. The third kappa shape index (κ3) is 7.05. The summed E-state index contributed by atoms with van der Waals surface area (Å²) in [6.45, 7) is 3.65. The molecular formula is C24H27F3N4O4S. The minimum absolute atomic E-state index is 0.0446. The van der Waals surface area contributed by atoms with Crippen LogP contribution in [0.1, 0.15) is 73.6 Å². The molecular weight excluding hydrogens is 497 g/mol. The van der Waals surface area contributed by atoms with Gasteiger partial charge >= 0.3 is 12.1 Å². The molecule has 0 radical (unpaired) electrons. The largest absolute Gasteiger partial charge is 0.479 e. The van der Waals surface area contributed by atoms with E-state index in [0.29, 0.717) is 23.6 Å². The highest BCUT2D eigenvalue weighted by molar-refractivity contribution is 7.11. The molecule has 1 aliphatic carbocycles. The van der Waals surface area contributed by atoms with Gasteiger partial charge in [0.1, 0.15) is 16.8 Å². The lowest BCUT2D eigenvalue weighted by atomic mass is 9.91. The smallest absolute Gasteiger partial charge is 0.433 e. The summed E-state index contributed by atoms with van der Waals surface area (Å²) in [5.74, 6) is -1.71. The molecule has 2 heterocycles. The zero-order valence-corrected chi connectivity index (χ0v) is 20.6. The number of aliphatic imine (C=N–C) groups is 1. The van der Waals surface area contributed by atoms with E-state index in [4.69, 9.17) is 0 Å². The number of aromatic nitrogens is 3. The molecule has 8 nitrogen and oxygen atoms in total. The number of nitrogens with zero attached hydrogens (tertiary/aromatic N) is 4. The van der Waals surface area contributed by atoms with Gasteiger partial charge in [-0.25, -0.2) is 24.7 Å². The number of halogens is 3. The molecule has 0 saturated carbocycles. The van der Waals surface area contributed by atoms with Crippen LogP contribution in [0.2, 0.25) is 0 Å². The van der Waals surface area contributed by atoms with Crippen LogP contribution >= 0.6 is 11.3 Å². The van der Waals surface area contributed by atoms with Crippen molar-refractivity contribution in [3.05, 3.63) is 57.8 Å². The van der Waals surface area contributed by atoms with E-state index in [1.807, 2.05) is 13.0 Å².